The lowest BCUT2D eigenvalue weighted by Gasteiger charge is -2.29. The lowest BCUT2D eigenvalue weighted by Crippen LogP contribution is -2.38. The number of fused-ring (bicyclic) bond motifs is 1. The highest BCUT2D eigenvalue weighted by Gasteiger charge is 2.49. The molecule has 0 bridgehead atoms. The van der Waals surface area contributed by atoms with E-state index in [0.29, 0.717) is 0 Å². The van der Waals surface area contributed by atoms with Crippen LogP contribution in [0.4, 0.5) is 18.0 Å². The summed E-state index contributed by atoms with van der Waals surface area (Å²) in [6.45, 7) is 1.50. The Hall–Kier alpha value is -1.98. The van der Waals surface area contributed by atoms with Crippen LogP contribution in [-0.2, 0) is 23.6 Å². The van der Waals surface area contributed by atoms with Crippen molar-refractivity contribution in [2.24, 2.45) is 7.05 Å². The number of nitrogens with zero attached hydrogens (tertiary/aromatic N) is 3. The summed E-state index contributed by atoms with van der Waals surface area (Å²) in [5.41, 5.74) is -5.23. The minimum atomic E-state index is -5.81. The normalized spacial score (nSPS) is 19.0. The van der Waals surface area contributed by atoms with Crippen LogP contribution in [0, 0.1) is 0 Å². The Morgan fingerprint density at radius 2 is 2.05 bits per heavy atom. The van der Waals surface area contributed by atoms with Crippen molar-refractivity contribution < 1.29 is 35.7 Å². The Morgan fingerprint density at radius 1 is 1.45 bits per heavy atom. The summed E-state index contributed by atoms with van der Waals surface area (Å²) in [5.74, 6) is -0.552. The van der Waals surface area contributed by atoms with E-state index < -0.39 is 33.6 Å². The SMILES string of the molecule is C[C@H]1c2nn(C)c(OS(=O)(=O)C(F)(F)F)c2CCN1C(=O)O. The molecule has 0 saturated heterocycles. The summed E-state index contributed by atoms with van der Waals surface area (Å²) in [5, 5.41) is 12.9. The molecule has 2 heterocycles. The van der Waals surface area contributed by atoms with Gasteiger partial charge in [-0.05, 0) is 13.3 Å². The molecule has 0 aliphatic carbocycles. The van der Waals surface area contributed by atoms with Crippen LogP contribution < -0.4 is 4.18 Å². The molecule has 0 radical (unpaired) electrons. The third-order valence-electron chi connectivity index (χ3n) is 3.30. The highest BCUT2D eigenvalue weighted by molar-refractivity contribution is 7.87. The van der Waals surface area contributed by atoms with Gasteiger partial charge in [-0.3, -0.25) is 4.90 Å². The molecular weight excluding hydrogens is 331 g/mol. The van der Waals surface area contributed by atoms with E-state index in [9.17, 15) is 26.4 Å². The van der Waals surface area contributed by atoms with Crippen LogP contribution in [0.2, 0.25) is 0 Å². The van der Waals surface area contributed by atoms with Crippen molar-refractivity contribution in [3.05, 3.63) is 11.3 Å². The molecule has 0 aromatic carbocycles. The van der Waals surface area contributed by atoms with E-state index in [1.54, 1.807) is 0 Å². The van der Waals surface area contributed by atoms with Gasteiger partial charge in [0.05, 0.1) is 11.7 Å². The molecule has 0 spiro atoms. The van der Waals surface area contributed by atoms with Gasteiger partial charge >= 0.3 is 21.7 Å². The summed E-state index contributed by atoms with van der Waals surface area (Å²) >= 11 is 0. The summed E-state index contributed by atoms with van der Waals surface area (Å²) in [4.78, 5) is 12.1. The molecule has 1 aromatic rings. The molecule has 124 valence electrons. The van der Waals surface area contributed by atoms with Crippen molar-refractivity contribution in [1.29, 1.82) is 0 Å². The molecule has 8 nitrogen and oxygen atoms in total. The van der Waals surface area contributed by atoms with Crippen LogP contribution in [0.25, 0.3) is 0 Å². The van der Waals surface area contributed by atoms with Crippen LogP contribution in [0.15, 0.2) is 0 Å². The molecule has 1 N–H and O–H groups in total. The second kappa shape index (κ2) is 5.04. The average molecular weight is 343 g/mol. The first-order valence-corrected chi connectivity index (χ1v) is 7.42. The van der Waals surface area contributed by atoms with Crippen LogP contribution in [0.3, 0.4) is 0 Å². The van der Waals surface area contributed by atoms with Gasteiger partial charge < -0.3 is 9.29 Å². The standard InChI is InChI=1S/C10H12F3N3O5S/c1-5-7-6(3-4-16(5)9(17)18)8(15(2)14-7)21-22(19,20)10(11,12)13/h5H,3-4H2,1-2H3,(H,17,18)/t5-/m0/s1. The molecule has 12 heteroatoms. The quantitative estimate of drug-likeness (QED) is 0.640. The molecule has 0 fully saturated rings. The highest BCUT2D eigenvalue weighted by atomic mass is 32.2. The smallest absolute Gasteiger partial charge is 0.465 e. The first kappa shape index (κ1) is 16.4. The van der Waals surface area contributed by atoms with Crippen molar-refractivity contribution in [3.8, 4) is 5.88 Å². The lowest BCUT2D eigenvalue weighted by atomic mass is 10.0. The number of carboxylic acid groups (broad SMARTS) is 1. The number of hydrogen-bond acceptors (Lipinski definition) is 5. The van der Waals surface area contributed by atoms with E-state index in [0.717, 1.165) is 9.58 Å². The zero-order chi connectivity index (χ0) is 16.9. The average Bonchev–Trinajstić information content (AvgIpc) is 2.66. The molecular formula is C10H12F3N3O5S. The minimum Gasteiger partial charge on any atom is -0.465 e. The minimum absolute atomic E-state index is 0.00236. The van der Waals surface area contributed by atoms with Crippen molar-refractivity contribution in [2.45, 2.75) is 24.9 Å². The summed E-state index contributed by atoms with van der Waals surface area (Å²) in [6.07, 6.45) is -1.20. The molecule has 1 amide bonds. The Morgan fingerprint density at radius 3 is 2.55 bits per heavy atom. The van der Waals surface area contributed by atoms with Gasteiger partial charge in [0.15, 0.2) is 0 Å². The predicted octanol–water partition coefficient (Wildman–Crippen LogP) is 1.25. The zero-order valence-electron chi connectivity index (χ0n) is 11.5. The number of hydrogen-bond donors (Lipinski definition) is 1. The Labute approximate surface area is 123 Å². The number of halogens is 3. The largest absolute Gasteiger partial charge is 0.534 e. The third kappa shape index (κ3) is 2.58. The van der Waals surface area contributed by atoms with E-state index >= 15 is 0 Å². The summed E-state index contributed by atoms with van der Waals surface area (Å²) in [6, 6.07) is -0.724. The monoisotopic (exact) mass is 343 g/mol. The van der Waals surface area contributed by atoms with E-state index in [2.05, 4.69) is 9.28 Å². The van der Waals surface area contributed by atoms with Gasteiger partial charge in [0.1, 0.15) is 0 Å². The van der Waals surface area contributed by atoms with Gasteiger partial charge in [0.25, 0.3) is 0 Å². The summed E-state index contributed by atoms with van der Waals surface area (Å²) < 4.78 is 64.5. The van der Waals surface area contributed by atoms with Gasteiger partial charge in [-0.25, -0.2) is 9.48 Å². The van der Waals surface area contributed by atoms with Crippen LogP contribution in [0.5, 0.6) is 5.88 Å². The topological polar surface area (TPSA) is 102 Å². The Bertz CT molecular complexity index is 712. The molecule has 1 aliphatic heterocycles. The van der Waals surface area contributed by atoms with Crippen LogP contribution >= 0.6 is 0 Å². The molecule has 1 atom stereocenters. The van der Waals surface area contributed by atoms with E-state index in [1.165, 1.54) is 14.0 Å². The molecule has 1 aromatic heterocycles. The molecule has 1 aliphatic rings. The maximum absolute atomic E-state index is 12.4. The fourth-order valence-corrected chi connectivity index (χ4v) is 2.74. The molecule has 22 heavy (non-hydrogen) atoms. The fourth-order valence-electron chi connectivity index (χ4n) is 2.23. The van der Waals surface area contributed by atoms with Crippen LogP contribution in [-0.4, -0.2) is 46.4 Å². The van der Waals surface area contributed by atoms with Gasteiger partial charge in [0.2, 0.25) is 5.88 Å². The first-order chi connectivity index (χ1) is 9.95. The number of aromatic nitrogens is 2. The number of amides is 1. The van der Waals surface area contributed by atoms with Crippen molar-refractivity contribution in [2.75, 3.05) is 6.54 Å². The second-order valence-corrected chi connectivity index (χ2v) is 6.22. The summed E-state index contributed by atoms with van der Waals surface area (Å²) in [7, 11) is -4.60. The first-order valence-electron chi connectivity index (χ1n) is 6.01. The third-order valence-corrected chi connectivity index (χ3v) is 4.25. The van der Waals surface area contributed by atoms with Crippen LogP contribution in [0.1, 0.15) is 24.2 Å². The Kier molecular flexibility index (Phi) is 3.75. The van der Waals surface area contributed by atoms with Gasteiger partial charge in [0, 0.05) is 19.2 Å². The van der Waals surface area contributed by atoms with Gasteiger partial charge in [-0.1, -0.05) is 0 Å². The number of aryl methyl sites for hydroxylation is 1. The maximum atomic E-state index is 12.4. The van der Waals surface area contributed by atoms with E-state index in [1.807, 2.05) is 0 Å². The van der Waals surface area contributed by atoms with E-state index in [4.69, 9.17) is 5.11 Å². The fraction of sp³-hybridized carbons (Fsp3) is 0.600. The molecule has 2 rings (SSSR count). The predicted molar refractivity (Wildman–Crippen MR) is 65.7 cm³/mol. The maximum Gasteiger partial charge on any atom is 0.534 e. The second-order valence-electron chi connectivity index (χ2n) is 4.68. The lowest BCUT2D eigenvalue weighted by molar-refractivity contribution is -0.0502. The molecule has 0 saturated carbocycles. The van der Waals surface area contributed by atoms with Gasteiger partial charge in [-0.2, -0.15) is 26.7 Å². The van der Waals surface area contributed by atoms with Crippen molar-refractivity contribution in [1.82, 2.24) is 14.7 Å². The Balaban J connectivity index is 2.43. The van der Waals surface area contributed by atoms with E-state index in [-0.39, 0.29) is 24.2 Å². The highest BCUT2D eigenvalue weighted by Crippen LogP contribution is 2.36. The molecule has 0 unspecified atom stereocenters. The number of carbonyl (C=O) groups is 1. The van der Waals surface area contributed by atoms with Crippen molar-refractivity contribution >= 4 is 16.2 Å². The zero-order valence-corrected chi connectivity index (χ0v) is 12.3. The van der Waals surface area contributed by atoms with Crippen molar-refractivity contribution in [3.63, 3.8) is 0 Å². The number of rotatable bonds is 2. The van der Waals surface area contributed by atoms with Gasteiger partial charge in [-0.15, -0.1) is 0 Å². The number of alkyl halides is 3.